The van der Waals surface area contributed by atoms with Crippen LogP contribution in [0, 0.1) is 12.8 Å². The summed E-state index contributed by atoms with van der Waals surface area (Å²) in [5.41, 5.74) is 0. The molecule has 1 aromatic rings. The summed E-state index contributed by atoms with van der Waals surface area (Å²) < 4.78 is 0. The van der Waals surface area contributed by atoms with Crippen LogP contribution >= 0.6 is 11.3 Å². The van der Waals surface area contributed by atoms with Gasteiger partial charge in [-0.15, -0.1) is 21.5 Å². The normalized spacial score (nSPS) is 27.9. The van der Waals surface area contributed by atoms with Crippen molar-refractivity contribution < 1.29 is 0 Å². The summed E-state index contributed by atoms with van der Waals surface area (Å²) in [5, 5.41) is 14.1. The van der Waals surface area contributed by atoms with Crippen LogP contribution < -0.4 is 5.32 Å². The van der Waals surface area contributed by atoms with Crippen LogP contribution in [0.1, 0.15) is 55.6 Å². The minimum absolute atomic E-state index is 0.349. The van der Waals surface area contributed by atoms with Gasteiger partial charge < -0.3 is 5.32 Å². The van der Waals surface area contributed by atoms with Crippen molar-refractivity contribution in [3.8, 4) is 0 Å². The Morgan fingerprint density at radius 3 is 2.81 bits per heavy atom. The number of hydrogen-bond donors (Lipinski definition) is 1. The molecule has 1 heterocycles. The molecule has 1 saturated carbocycles. The van der Waals surface area contributed by atoms with Gasteiger partial charge in [-0.05, 0) is 32.6 Å². The number of nitrogens with zero attached hydrogens (tertiary/aromatic N) is 2. The Balaban J connectivity index is 1.89. The fourth-order valence-electron chi connectivity index (χ4n) is 2.50. The summed E-state index contributed by atoms with van der Waals surface area (Å²) in [6, 6.07) is 1.02. The van der Waals surface area contributed by atoms with E-state index in [4.69, 9.17) is 0 Å². The molecule has 0 aliphatic heterocycles. The molecule has 0 saturated heterocycles. The van der Waals surface area contributed by atoms with Crippen LogP contribution in [0.5, 0.6) is 0 Å². The number of aryl methyl sites for hydroxylation is 1. The van der Waals surface area contributed by atoms with Gasteiger partial charge in [0, 0.05) is 6.04 Å². The molecule has 3 unspecified atom stereocenters. The Labute approximate surface area is 102 Å². The van der Waals surface area contributed by atoms with Crippen LogP contribution in [-0.2, 0) is 0 Å². The monoisotopic (exact) mass is 239 g/mol. The van der Waals surface area contributed by atoms with Gasteiger partial charge in [-0.1, -0.05) is 19.8 Å². The quantitative estimate of drug-likeness (QED) is 0.881. The van der Waals surface area contributed by atoms with Gasteiger partial charge in [0.2, 0.25) is 0 Å². The van der Waals surface area contributed by atoms with Crippen molar-refractivity contribution in [2.75, 3.05) is 0 Å². The molecule has 1 aliphatic rings. The second-order valence-corrected chi connectivity index (χ2v) is 6.23. The molecule has 3 atom stereocenters. The molecule has 3 nitrogen and oxygen atoms in total. The van der Waals surface area contributed by atoms with E-state index in [9.17, 15) is 0 Å². The van der Waals surface area contributed by atoms with E-state index in [0.717, 1.165) is 15.9 Å². The van der Waals surface area contributed by atoms with Crippen molar-refractivity contribution in [2.24, 2.45) is 5.92 Å². The van der Waals surface area contributed by atoms with Gasteiger partial charge in [-0.25, -0.2) is 0 Å². The topological polar surface area (TPSA) is 37.8 Å². The van der Waals surface area contributed by atoms with Crippen molar-refractivity contribution in [2.45, 2.75) is 58.5 Å². The summed E-state index contributed by atoms with van der Waals surface area (Å²) in [4.78, 5) is 0. The lowest BCUT2D eigenvalue weighted by molar-refractivity contribution is 0.285. The highest BCUT2D eigenvalue weighted by molar-refractivity contribution is 7.11. The molecule has 0 aromatic carbocycles. The molecular weight excluding hydrogens is 218 g/mol. The van der Waals surface area contributed by atoms with E-state index in [-0.39, 0.29) is 0 Å². The maximum Gasteiger partial charge on any atom is 0.134 e. The Hall–Kier alpha value is -0.480. The zero-order chi connectivity index (χ0) is 11.5. The van der Waals surface area contributed by atoms with Crippen molar-refractivity contribution in [1.82, 2.24) is 15.5 Å². The maximum atomic E-state index is 4.21. The fourth-order valence-corrected chi connectivity index (χ4v) is 3.21. The first-order valence-electron chi connectivity index (χ1n) is 6.21. The number of nitrogens with one attached hydrogen (secondary N) is 1. The number of hydrogen-bond acceptors (Lipinski definition) is 4. The maximum absolute atomic E-state index is 4.21. The van der Waals surface area contributed by atoms with Crippen LogP contribution in [0.4, 0.5) is 0 Å². The lowest BCUT2D eigenvalue weighted by Gasteiger charge is -2.29. The molecule has 1 aromatic heterocycles. The number of aromatic nitrogens is 2. The van der Waals surface area contributed by atoms with E-state index >= 15 is 0 Å². The standard InChI is InChI=1S/C12H21N3S/c1-8-5-4-6-11(7-8)13-9(2)12-15-14-10(3)16-12/h8-9,11,13H,4-7H2,1-3H3. The SMILES string of the molecule is Cc1nnc(C(C)NC2CCCC(C)C2)s1. The van der Waals surface area contributed by atoms with Gasteiger partial charge in [-0.3, -0.25) is 0 Å². The highest BCUT2D eigenvalue weighted by Crippen LogP contribution is 2.26. The fraction of sp³-hybridized carbons (Fsp3) is 0.833. The minimum Gasteiger partial charge on any atom is -0.305 e. The summed E-state index contributed by atoms with van der Waals surface area (Å²) in [7, 11) is 0. The first-order valence-corrected chi connectivity index (χ1v) is 7.03. The molecule has 16 heavy (non-hydrogen) atoms. The zero-order valence-electron chi connectivity index (χ0n) is 10.4. The molecule has 2 rings (SSSR count). The molecule has 0 radical (unpaired) electrons. The summed E-state index contributed by atoms with van der Waals surface area (Å²) >= 11 is 1.70. The highest BCUT2D eigenvalue weighted by Gasteiger charge is 2.21. The summed E-state index contributed by atoms with van der Waals surface area (Å²) in [5.74, 6) is 0.870. The lowest BCUT2D eigenvalue weighted by atomic mass is 9.87. The van der Waals surface area contributed by atoms with Gasteiger partial charge in [0.25, 0.3) is 0 Å². The van der Waals surface area contributed by atoms with Crippen molar-refractivity contribution in [3.05, 3.63) is 10.0 Å². The van der Waals surface area contributed by atoms with Crippen LogP contribution in [0.2, 0.25) is 0 Å². The van der Waals surface area contributed by atoms with Gasteiger partial charge in [0.1, 0.15) is 10.0 Å². The third kappa shape index (κ3) is 3.01. The van der Waals surface area contributed by atoms with Crippen molar-refractivity contribution in [3.63, 3.8) is 0 Å². The van der Waals surface area contributed by atoms with Crippen LogP contribution in [0.3, 0.4) is 0 Å². The molecule has 1 aliphatic carbocycles. The van der Waals surface area contributed by atoms with Crippen LogP contribution in [-0.4, -0.2) is 16.2 Å². The van der Waals surface area contributed by atoms with Gasteiger partial charge in [-0.2, -0.15) is 0 Å². The minimum atomic E-state index is 0.349. The zero-order valence-corrected chi connectivity index (χ0v) is 11.2. The molecule has 0 bridgehead atoms. The Morgan fingerprint density at radius 2 is 2.19 bits per heavy atom. The van der Waals surface area contributed by atoms with Gasteiger partial charge >= 0.3 is 0 Å². The van der Waals surface area contributed by atoms with E-state index in [1.165, 1.54) is 25.7 Å². The Bertz CT molecular complexity index is 337. The summed E-state index contributed by atoms with van der Waals surface area (Å²) in [6.07, 6.45) is 5.37. The largest absolute Gasteiger partial charge is 0.305 e. The number of rotatable bonds is 3. The average molecular weight is 239 g/mol. The average Bonchev–Trinajstić information content (AvgIpc) is 2.65. The smallest absolute Gasteiger partial charge is 0.134 e. The molecule has 4 heteroatoms. The third-order valence-electron chi connectivity index (χ3n) is 3.33. The molecule has 1 fully saturated rings. The van der Waals surface area contributed by atoms with Gasteiger partial charge in [0.15, 0.2) is 0 Å². The predicted molar refractivity (Wildman–Crippen MR) is 67.6 cm³/mol. The molecular formula is C12H21N3S. The molecule has 0 spiro atoms. The predicted octanol–water partition coefficient (Wildman–Crippen LogP) is 3.08. The Kier molecular flexibility index (Phi) is 3.92. The first-order chi connectivity index (χ1) is 7.65. The third-order valence-corrected chi connectivity index (χ3v) is 4.36. The Morgan fingerprint density at radius 1 is 1.38 bits per heavy atom. The van der Waals surface area contributed by atoms with E-state index < -0.39 is 0 Å². The van der Waals surface area contributed by atoms with E-state index in [2.05, 4.69) is 29.4 Å². The molecule has 90 valence electrons. The van der Waals surface area contributed by atoms with E-state index in [1.54, 1.807) is 11.3 Å². The van der Waals surface area contributed by atoms with Crippen molar-refractivity contribution in [1.29, 1.82) is 0 Å². The van der Waals surface area contributed by atoms with Crippen molar-refractivity contribution >= 4 is 11.3 Å². The molecule has 0 amide bonds. The lowest BCUT2D eigenvalue weighted by Crippen LogP contribution is -2.35. The highest BCUT2D eigenvalue weighted by atomic mass is 32.1. The van der Waals surface area contributed by atoms with Gasteiger partial charge in [0.05, 0.1) is 6.04 Å². The van der Waals surface area contributed by atoms with Crippen LogP contribution in [0.15, 0.2) is 0 Å². The molecule has 1 N–H and O–H groups in total. The summed E-state index contributed by atoms with van der Waals surface area (Å²) in [6.45, 7) is 6.56. The second kappa shape index (κ2) is 5.23. The second-order valence-electron chi connectivity index (χ2n) is 5.02. The van der Waals surface area contributed by atoms with E-state index in [1.807, 2.05) is 6.92 Å². The van der Waals surface area contributed by atoms with Crippen LogP contribution in [0.25, 0.3) is 0 Å². The van der Waals surface area contributed by atoms with E-state index in [0.29, 0.717) is 12.1 Å². The first kappa shape index (κ1) is 12.0.